The number of aryl methyl sites for hydroxylation is 1. The Morgan fingerprint density at radius 3 is 2.73 bits per heavy atom. The fourth-order valence-electron chi connectivity index (χ4n) is 4.60. The van der Waals surface area contributed by atoms with Crippen LogP contribution in [0.3, 0.4) is 0 Å². The van der Waals surface area contributed by atoms with Crippen LogP contribution in [0.15, 0.2) is 36.8 Å². The molecule has 2 aliphatic rings. The lowest BCUT2D eigenvalue weighted by molar-refractivity contribution is 0.0748. The highest BCUT2D eigenvalue weighted by atomic mass is 16.5. The third-order valence-corrected chi connectivity index (χ3v) is 6.48. The van der Waals surface area contributed by atoms with E-state index in [1.807, 2.05) is 42.7 Å². The highest BCUT2D eigenvalue weighted by molar-refractivity contribution is 5.98. The zero-order valence-corrected chi connectivity index (χ0v) is 17.8. The first-order valence-electron chi connectivity index (χ1n) is 10.5. The molecule has 6 nitrogen and oxygen atoms in total. The van der Waals surface area contributed by atoms with E-state index in [-0.39, 0.29) is 18.1 Å². The maximum atomic E-state index is 13.2. The summed E-state index contributed by atoms with van der Waals surface area (Å²) in [6.45, 7) is 6.96. The van der Waals surface area contributed by atoms with Crippen LogP contribution in [0.4, 0.5) is 0 Å². The van der Waals surface area contributed by atoms with E-state index in [4.69, 9.17) is 4.74 Å². The van der Waals surface area contributed by atoms with Crippen molar-refractivity contribution in [3.8, 4) is 17.0 Å². The van der Waals surface area contributed by atoms with Gasteiger partial charge in [-0.15, -0.1) is 0 Å². The number of rotatable bonds is 3. The molecular formula is C24H26N4O2. The molecule has 154 valence electrons. The summed E-state index contributed by atoms with van der Waals surface area (Å²) in [5.41, 5.74) is 7.11. The molecule has 5 rings (SSSR count). The van der Waals surface area contributed by atoms with Crippen molar-refractivity contribution in [2.45, 2.75) is 45.8 Å². The summed E-state index contributed by atoms with van der Waals surface area (Å²) in [5, 5.41) is 4.21. The van der Waals surface area contributed by atoms with Gasteiger partial charge in [0.2, 0.25) is 0 Å². The summed E-state index contributed by atoms with van der Waals surface area (Å²) in [6.07, 6.45) is 7.41. The van der Waals surface area contributed by atoms with Crippen molar-refractivity contribution < 1.29 is 9.53 Å². The third-order valence-electron chi connectivity index (χ3n) is 6.48. The molecule has 1 aromatic carbocycles. The van der Waals surface area contributed by atoms with Gasteiger partial charge in [0.25, 0.3) is 5.91 Å². The van der Waals surface area contributed by atoms with Crippen molar-refractivity contribution >= 4 is 5.91 Å². The maximum absolute atomic E-state index is 13.2. The average molecular weight is 402 g/mol. The summed E-state index contributed by atoms with van der Waals surface area (Å²) >= 11 is 0. The number of hydrogen-bond donors (Lipinski definition) is 0. The van der Waals surface area contributed by atoms with E-state index in [0.29, 0.717) is 12.1 Å². The molecule has 2 aliphatic heterocycles. The maximum Gasteiger partial charge on any atom is 0.258 e. The van der Waals surface area contributed by atoms with Crippen molar-refractivity contribution in [1.82, 2.24) is 19.7 Å². The van der Waals surface area contributed by atoms with Crippen LogP contribution in [-0.2, 0) is 13.5 Å². The predicted molar refractivity (Wildman–Crippen MR) is 115 cm³/mol. The molecule has 0 N–H and O–H groups in total. The lowest BCUT2D eigenvalue weighted by Gasteiger charge is -2.24. The molecule has 1 saturated heterocycles. The Balaban J connectivity index is 1.47. The lowest BCUT2D eigenvalue weighted by atomic mass is 9.93. The molecule has 1 amide bonds. The Morgan fingerprint density at radius 1 is 1.20 bits per heavy atom. The second-order valence-corrected chi connectivity index (χ2v) is 8.58. The summed E-state index contributed by atoms with van der Waals surface area (Å²) in [4.78, 5) is 19.8. The molecule has 0 spiro atoms. The second kappa shape index (κ2) is 6.97. The molecule has 2 aromatic heterocycles. The van der Waals surface area contributed by atoms with E-state index in [2.05, 4.69) is 36.9 Å². The minimum atomic E-state index is 0.0897. The van der Waals surface area contributed by atoms with E-state index < -0.39 is 0 Å². The standard InChI is InChI=1S/C24H26N4O2/c1-14-7-20-13-28(14)24(29)21-9-18(15(2)16(3)23(21)30-20)8-17-5-6-22(25-10-17)19-11-26-27(4)12-19/h5-6,9-12,14,20H,7-8,13H2,1-4H3/t14-,20+/m1/s1. The summed E-state index contributed by atoms with van der Waals surface area (Å²) < 4.78 is 8.06. The Bertz CT molecular complexity index is 1130. The molecule has 6 heteroatoms. The number of nitrogens with zero attached hydrogens (tertiary/aromatic N) is 4. The van der Waals surface area contributed by atoms with E-state index in [9.17, 15) is 4.79 Å². The fraction of sp³-hybridized carbons (Fsp3) is 0.375. The lowest BCUT2D eigenvalue weighted by Crippen LogP contribution is -2.33. The Kier molecular flexibility index (Phi) is 4.38. The first kappa shape index (κ1) is 18.9. The van der Waals surface area contributed by atoms with Crippen LogP contribution in [0.25, 0.3) is 11.3 Å². The number of aromatic nitrogens is 3. The largest absolute Gasteiger partial charge is 0.487 e. The van der Waals surface area contributed by atoms with E-state index in [1.54, 1.807) is 4.68 Å². The van der Waals surface area contributed by atoms with Gasteiger partial charge >= 0.3 is 0 Å². The van der Waals surface area contributed by atoms with Gasteiger partial charge in [0.15, 0.2) is 0 Å². The molecular weight excluding hydrogens is 376 g/mol. The van der Waals surface area contributed by atoms with Crippen LogP contribution in [0, 0.1) is 13.8 Å². The Hall–Kier alpha value is -3.15. The van der Waals surface area contributed by atoms with Crippen molar-refractivity contribution in [2.24, 2.45) is 7.05 Å². The van der Waals surface area contributed by atoms with Gasteiger partial charge in [-0.05, 0) is 61.6 Å². The quantitative estimate of drug-likeness (QED) is 0.670. The average Bonchev–Trinajstić information content (AvgIpc) is 3.29. The van der Waals surface area contributed by atoms with Crippen molar-refractivity contribution in [1.29, 1.82) is 0 Å². The number of pyridine rings is 1. The van der Waals surface area contributed by atoms with Gasteiger partial charge in [-0.25, -0.2) is 0 Å². The number of hydrogen-bond acceptors (Lipinski definition) is 4. The molecule has 0 aliphatic carbocycles. The number of carbonyl (C=O) groups excluding carboxylic acids is 1. The van der Waals surface area contributed by atoms with E-state index in [0.717, 1.165) is 46.5 Å². The van der Waals surface area contributed by atoms with Crippen LogP contribution >= 0.6 is 0 Å². The summed E-state index contributed by atoms with van der Waals surface area (Å²) in [6, 6.07) is 6.38. The normalized spacial score (nSPS) is 20.1. The summed E-state index contributed by atoms with van der Waals surface area (Å²) in [5.74, 6) is 0.859. The summed E-state index contributed by atoms with van der Waals surface area (Å²) in [7, 11) is 1.90. The smallest absolute Gasteiger partial charge is 0.258 e. The minimum Gasteiger partial charge on any atom is -0.487 e. The van der Waals surface area contributed by atoms with Crippen LogP contribution < -0.4 is 4.74 Å². The van der Waals surface area contributed by atoms with Crippen LogP contribution in [0.1, 0.15) is 46.0 Å². The molecule has 4 heterocycles. The topological polar surface area (TPSA) is 60.2 Å². The first-order chi connectivity index (χ1) is 14.4. The van der Waals surface area contributed by atoms with Crippen molar-refractivity contribution in [3.05, 3.63) is 64.6 Å². The molecule has 2 bridgehead atoms. The van der Waals surface area contributed by atoms with Crippen LogP contribution in [0.2, 0.25) is 0 Å². The zero-order chi connectivity index (χ0) is 21.0. The van der Waals surface area contributed by atoms with Gasteiger partial charge in [-0.2, -0.15) is 5.10 Å². The Labute approximate surface area is 176 Å². The van der Waals surface area contributed by atoms with Gasteiger partial charge in [-0.3, -0.25) is 14.5 Å². The fourth-order valence-corrected chi connectivity index (χ4v) is 4.60. The third kappa shape index (κ3) is 3.07. The Morgan fingerprint density at radius 2 is 2.03 bits per heavy atom. The van der Waals surface area contributed by atoms with Crippen molar-refractivity contribution in [2.75, 3.05) is 6.54 Å². The molecule has 0 saturated carbocycles. The van der Waals surface area contributed by atoms with Gasteiger partial charge in [0, 0.05) is 37.5 Å². The predicted octanol–water partition coefficient (Wildman–Crippen LogP) is 3.69. The van der Waals surface area contributed by atoms with Gasteiger partial charge in [-0.1, -0.05) is 6.07 Å². The molecule has 0 radical (unpaired) electrons. The second-order valence-electron chi connectivity index (χ2n) is 8.58. The molecule has 30 heavy (non-hydrogen) atoms. The monoisotopic (exact) mass is 402 g/mol. The minimum absolute atomic E-state index is 0.0897. The van der Waals surface area contributed by atoms with Gasteiger partial charge < -0.3 is 9.64 Å². The van der Waals surface area contributed by atoms with Crippen LogP contribution in [0.5, 0.6) is 5.75 Å². The number of ether oxygens (including phenoxy) is 1. The molecule has 2 atom stereocenters. The van der Waals surface area contributed by atoms with Crippen molar-refractivity contribution in [3.63, 3.8) is 0 Å². The first-order valence-corrected chi connectivity index (χ1v) is 10.5. The van der Waals surface area contributed by atoms with Crippen LogP contribution in [-0.4, -0.2) is 44.3 Å². The molecule has 1 fully saturated rings. The van der Waals surface area contributed by atoms with E-state index >= 15 is 0 Å². The molecule has 0 unspecified atom stereocenters. The number of benzene rings is 1. The highest BCUT2D eigenvalue weighted by Gasteiger charge is 2.39. The highest BCUT2D eigenvalue weighted by Crippen LogP contribution is 2.38. The number of amides is 1. The molecule has 3 aromatic rings. The van der Waals surface area contributed by atoms with Gasteiger partial charge in [0.05, 0.1) is 24.0 Å². The zero-order valence-electron chi connectivity index (χ0n) is 17.8. The van der Waals surface area contributed by atoms with Gasteiger partial charge in [0.1, 0.15) is 11.9 Å². The number of carbonyl (C=O) groups is 1. The van der Waals surface area contributed by atoms with E-state index in [1.165, 1.54) is 5.56 Å². The SMILES string of the molecule is Cc1c(Cc2ccc(-c3cnn(C)c3)nc2)cc2c(c1C)O[C@H]1C[C@@H](C)N(C1)C2=O. The number of fused-ring (bicyclic) bond motifs is 3.